The van der Waals surface area contributed by atoms with Crippen molar-refractivity contribution >= 4 is 29.0 Å². The first-order valence-corrected chi connectivity index (χ1v) is 10.0. The lowest BCUT2D eigenvalue weighted by Crippen LogP contribution is -2.41. The topological polar surface area (TPSA) is 67.2 Å². The number of amides is 1. The molecular weight excluding hydrogens is 407 g/mol. The average Bonchev–Trinajstić information content (AvgIpc) is 2.76. The van der Waals surface area contributed by atoms with Crippen molar-refractivity contribution in [1.29, 1.82) is 0 Å². The maximum atomic E-state index is 13.2. The van der Waals surface area contributed by atoms with Crippen molar-refractivity contribution in [2.45, 2.75) is 12.8 Å². The van der Waals surface area contributed by atoms with Gasteiger partial charge in [-0.3, -0.25) is 9.59 Å². The molecule has 0 unspecified atom stereocenters. The van der Waals surface area contributed by atoms with Crippen LogP contribution in [-0.2, 0) is 4.79 Å². The van der Waals surface area contributed by atoms with E-state index in [9.17, 15) is 14.0 Å². The van der Waals surface area contributed by atoms with Crippen LogP contribution in [0, 0.1) is 11.7 Å². The number of anilines is 2. The molecule has 1 fully saturated rings. The summed E-state index contributed by atoms with van der Waals surface area (Å²) in [5, 5.41) is 7.98. The van der Waals surface area contributed by atoms with Crippen LogP contribution in [0.15, 0.2) is 65.5 Å². The van der Waals surface area contributed by atoms with Gasteiger partial charge in [-0.2, -0.15) is 4.68 Å². The lowest BCUT2D eigenvalue weighted by molar-refractivity contribution is -0.120. The highest BCUT2D eigenvalue weighted by Gasteiger charge is 2.27. The van der Waals surface area contributed by atoms with E-state index in [1.807, 2.05) is 4.90 Å². The molecule has 2 heterocycles. The van der Waals surface area contributed by atoms with E-state index in [4.69, 9.17) is 11.6 Å². The summed E-state index contributed by atoms with van der Waals surface area (Å²) >= 11 is 5.89. The zero-order chi connectivity index (χ0) is 21.1. The van der Waals surface area contributed by atoms with E-state index in [0.29, 0.717) is 28.8 Å². The third kappa shape index (κ3) is 4.52. The lowest BCUT2D eigenvalue weighted by atomic mass is 9.97. The van der Waals surface area contributed by atoms with E-state index in [2.05, 4.69) is 10.4 Å². The summed E-state index contributed by atoms with van der Waals surface area (Å²) in [5.41, 5.74) is 0.876. The van der Waals surface area contributed by atoms with Gasteiger partial charge in [0, 0.05) is 29.9 Å². The SMILES string of the molecule is O=C(Nc1ccc(Cl)cc1)[C@H]1CCCN(c2ccc(=O)n(-c3ccc(F)cc3)n2)C1. The first-order chi connectivity index (χ1) is 14.5. The Kier molecular flexibility index (Phi) is 5.81. The molecule has 0 bridgehead atoms. The molecule has 1 saturated heterocycles. The number of carbonyl (C=O) groups is 1. The zero-order valence-corrected chi connectivity index (χ0v) is 16.8. The second kappa shape index (κ2) is 8.67. The highest BCUT2D eigenvalue weighted by atomic mass is 35.5. The van der Waals surface area contributed by atoms with Gasteiger partial charge in [-0.15, -0.1) is 5.10 Å². The minimum Gasteiger partial charge on any atom is -0.354 e. The van der Waals surface area contributed by atoms with Crippen LogP contribution in [-0.4, -0.2) is 28.8 Å². The Morgan fingerprint density at radius 2 is 1.80 bits per heavy atom. The van der Waals surface area contributed by atoms with Crippen LogP contribution in [0.5, 0.6) is 0 Å². The fraction of sp³-hybridized carbons (Fsp3) is 0.227. The minimum absolute atomic E-state index is 0.0612. The van der Waals surface area contributed by atoms with Gasteiger partial charge in [-0.1, -0.05) is 11.6 Å². The fourth-order valence-electron chi connectivity index (χ4n) is 3.51. The van der Waals surface area contributed by atoms with Crippen LogP contribution in [0.3, 0.4) is 0 Å². The van der Waals surface area contributed by atoms with Crippen molar-refractivity contribution in [3.63, 3.8) is 0 Å². The molecule has 2 aromatic carbocycles. The number of rotatable bonds is 4. The Hall–Kier alpha value is -3.19. The largest absolute Gasteiger partial charge is 0.354 e. The molecular formula is C22H20ClFN4O2. The molecule has 1 atom stereocenters. The fourth-order valence-corrected chi connectivity index (χ4v) is 3.64. The number of nitrogens with zero attached hydrogens (tertiary/aromatic N) is 3. The van der Waals surface area contributed by atoms with E-state index >= 15 is 0 Å². The van der Waals surface area contributed by atoms with Crippen LogP contribution in [0.25, 0.3) is 5.69 Å². The van der Waals surface area contributed by atoms with Gasteiger partial charge in [-0.05, 0) is 67.4 Å². The molecule has 0 aliphatic carbocycles. The Bertz CT molecular complexity index is 1100. The molecule has 4 rings (SSSR count). The predicted octanol–water partition coefficient (Wildman–Crippen LogP) is 3.88. The Morgan fingerprint density at radius 1 is 1.07 bits per heavy atom. The third-order valence-electron chi connectivity index (χ3n) is 5.09. The number of carbonyl (C=O) groups excluding carboxylic acids is 1. The van der Waals surface area contributed by atoms with Gasteiger partial charge in [0.15, 0.2) is 0 Å². The van der Waals surface area contributed by atoms with Crippen LogP contribution in [0.1, 0.15) is 12.8 Å². The van der Waals surface area contributed by atoms with Crippen molar-refractivity contribution in [2.24, 2.45) is 5.92 Å². The highest BCUT2D eigenvalue weighted by molar-refractivity contribution is 6.30. The number of piperidine rings is 1. The molecule has 1 amide bonds. The normalized spacial score (nSPS) is 16.3. The second-order valence-electron chi connectivity index (χ2n) is 7.20. The van der Waals surface area contributed by atoms with Crippen LogP contribution in [0.4, 0.5) is 15.9 Å². The summed E-state index contributed by atoms with van der Waals surface area (Å²) in [6, 6.07) is 15.7. The summed E-state index contributed by atoms with van der Waals surface area (Å²) in [6.45, 7) is 1.23. The number of aromatic nitrogens is 2. The summed E-state index contributed by atoms with van der Waals surface area (Å²) in [4.78, 5) is 27.0. The average molecular weight is 427 g/mol. The number of hydrogen-bond acceptors (Lipinski definition) is 4. The van der Waals surface area contributed by atoms with Crippen LogP contribution >= 0.6 is 11.6 Å². The smallest absolute Gasteiger partial charge is 0.271 e. The molecule has 6 nitrogen and oxygen atoms in total. The molecule has 154 valence electrons. The lowest BCUT2D eigenvalue weighted by Gasteiger charge is -2.32. The Morgan fingerprint density at radius 3 is 2.53 bits per heavy atom. The molecule has 0 spiro atoms. The molecule has 1 aliphatic rings. The van der Waals surface area contributed by atoms with E-state index in [1.54, 1.807) is 30.3 Å². The van der Waals surface area contributed by atoms with E-state index < -0.39 is 0 Å². The maximum absolute atomic E-state index is 13.2. The first kappa shape index (κ1) is 20.1. The number of halogens is 2. The van der Waals surface area contributed by atoms with Crippen molar-refractivity contribution < 1.29 is 9.18 Å². The van der Waals surface area contributed by atoms with Crippen molar-refractivity contribution in [2.75, 3.05) is 23.3 Å². The summed E-state index contributed by atoms with van der Waals surface area (Å²) in [5.74, 6) is -0.0484. The summed E-state index contributed by atoms with van der Waals surface area (Å²) in [6.07, 6.45) is 1.60. The van der Waals surface area contributed by atoms with Crippen molar-refractivity contribution in [3.8, 4) is 5.69 Å². The number of benzene rings is 2. The first-order valence-electron chi connectivity index (χ1n) is 9.67. The van der Waals surface area contributed by atoms with Crippen LogP contribution < -0.4 is 15.8 Å². The van der Waals surface area contributed by atoms with Gasteiger partial charge in [0.25, 0.3) is 5.56 Å². The zero-order valence-electron chi connectivity index (χ0n) is 16.1. The van der Waals surface area contributed by atoms with Gasteiger partial charge in [-0.25, -0.2) is 4.39 Å². The molecule has 3 aromatic rings. The van der Waals surface area contributed by atoms with Gasteiger partial charge in [0.2, 0.25) is 5.91 Å². The van der Waals surface area contributed by atoms with Crippen molar-refractivity contribution in [1.82, 2.24) is 9.78 Å². The van der Waals surface area contributed by atoms with Gasteiger partial charge < -0.3 is 10.2 Å². The molecule has 0 saturated carbocycles. The molecule has 1 N–H and O–H groups in total. The molecule has 1 aromatic heterocycles. The van der Waals surface area contributed by atoms with E-state index in [1.165, 1.54) is 35.0 Å². The molecule has 30 heavy (non-hydrogen) atoms. The van der Waals surface area contributed by atoms with Gasteiger partial charge in [0.1, 0.15) is 11.6 Å². The molecule has 0 radical (unpaired) electrons. The monoisotopic (exact) mass is 426 g/mol. The highest BCUT2D eigenvalue weighted by Crippen LogP contribution is 2.23. The molecule has 1 aliphatic heterocycles. The Labute approximate surface area is 177 Å². The third-order valence-corrected chi connectivity index (χ3v) is 5.34. The van der Waals surface area contributed by atoms with Crippen LogP contribution in [0.2, 0.25) is 5.02 Å². The maximum Gasteiger partial charge on any atom is 0.271 e. The molecule has 8 heteroatoms. The number of hydrogen-bond donors (Lipinski definition) is 1. The predicted molar refractivity (Wildman–Crippen MR) is 115 cm³/mol. The van der Waals surface area contributed by atoms with E-state index in [0.717, 1.165) is 19.4 Å². The quantitative estimate of drug-likeness (QED) is 0.687. The number of nitrogens with one attached hydrogen (secondary N) is 1. The standard InChI is InChI=1S/C22H20ClFN4O2/c23-16-3-7-18(8-4-16)25-22(30)15-2-1-13-27(14-15)20-11-12-21(29)28(26-20)19-9-5-17(24)6-10-19/h3-12,15H,1-2,13-14H2,(H,25,30)/t15-/m0/s1. The Balaban J connectivity index is 1.51. The summed E-state index contributed by atoms with van der Waals surface area (Å²) in [7, 11) is 0. The van der Waals surface area contributed by atoms with Gasteiger partial charge in [0.05, 0.1) is 11.6 Å². The second-order valence-corrected chi connectivity index (χ2v) is 7.64. The summed E-state index contributed by atoms with van der Waals surface area (Å²) < 4.78 is 14.4. The van der Waals surface area contributed by atoms with Gasteiger partial charge >= 0.3 is 0 Å². The van der Waals surface area contributed by atoms with Crippen molar-refractivity contribution in [3.05, 3.63) is 81.9 Å². The van der Waals surface area contributed by atoms with E-state index in [-0.39, 0.29) is 23.2 Å². The minimum atomic E-state index is -0.381.